The first-order chi connectivity index (χ1) is 5.77. The van der Waals surface area contributed by atoms with Crippen molar-refractivity contribution >= 4 is 5.91 Å². The van der Waals surface area contributed by atoms with Crippen molar-refractivity contribution in [2.75, 3.05) is 6.54 Å². The van der Waals surface area contributed by atoms with Crippen molar-refractivity contribution in [3.05, 3.63) is 0 Å². The molecule has 0 radical (unpaired) electrons. The average molecular weight is 168 g/mol. The van der Waals surface area contributed by atoms with Crippen LogP contribution in [-0.4, -0.2) is 18.5 Å². The van der Waals surface area contributed by atoms with E-state index in [0.29, 0.717) is 6.04 Å². The van der Waals surface area contributed by atoms with Gasteiger partial charge in [0, 0.05) is 6.04 Å². The molecule has 3 heteroatoms. The molecule has 0 aromatic carbocycles. The van der Waals surface area contributed by atoms with E-state index in [4.69, 9.17) is 5.73 Å². The highest BCUT2D eigenvalue weighted by Gasteiger charge is 2.35. The first-order valence-electron chi connectivity index (χ1n) is 4.80. The molecular weight excluding hydrogens is 152 g/mol. The Morgan fingerprint density at radius 3 is 2.75 bits per heavy atom. The van der Waals surface area contributed by atoms with Gasteiger partial charge in [0.15, 0.2) is 0 Å². The van der Waals surface area contributed by atoms with Crippen LogP contribution in [0.5, 0.6) is 0 Å². The summed E-state index contributed by atoms with van der Waals surface area (Å²) in [5.74, 6) is 0.860. The quantitative estimate of drug-likeness (QED) is 0.634. The molecule has 2 aliphatic rings. The maximum absolute atomic E-state index is 11.0. The van der Waals surface area contributed by atoms with Crippen molar-refractivity contribution in [3.63, 3.8) is 0 Å². The Hall–Kier alpha value is -0.570. The maximum Gasteiger partial charge on any atom is 0.222 e. The van der Waals surface area contributed by atoms with E-state index >= 15 is 0 Å². The summed E-state index contributed by atoms with van der Waals surface area (Å²) in [4.78, 5) is 11.0. The van der Waals surface area contributed by atoms with Gasteiger partial charge in [0.1, 0.15) is 0 Å². The number of hydrogen-bond donors (Lipinski definition) is 2. The largest absolute Gasteiger partial charge is 0.369 e. The predicted octanol–water partition coefficient (Wildman–Crippen LogP) is 0.250. The lowest BCUT2D eigenvalue weighted by atomic mass is 9.96. The highest BCUT2D eigenvalue weighted by Crippen LogP contribution is 2.36. The molecule has 1 aliphatic heterocycles. The van der Waals surface area contributed by atoms with Gasteiger partial charge in [0.2, 0.25) is 5.91 Å². The van der Waals surface area contributed by atoms with E-state index in [0.717, 1.165) is 25.3 Å². The highest BCUT2D eigenvalue weighted by atomic mass is 16.1. The fourth-order valence-electron chi connectivity index (χ4n) is 2.07. The average Bonchev–Trinajstić information content (AvgIpc) is 2.66. The molecule has 0 aromatic heterocycles. The Balaban J connectivity index is 1.88. The van der Waals surface area contributed by atoms with E-state index in [1.54, 1.807) is 0 Å². The number of rotatable bonds is 3. The van der Waals surface area contributed by atoms with Gasteiger partial charge in [-0.05, 0) is 25.3 Å². The zero-order chi connectivity index (χ0) is 8.55. The molecule has 0 bridgehead atoms. The molecule has 1 heterocycles. The van der Waals surface area contributed by atoms with E-state index in [1.807, 2.05) is 0 Å². The molecule has 1 amide bonds. The zero-order valence-corrected chi connectivity index (χ0v) is 7.25. The van der Waals surface area contributed by atoms with Gasteiger partial charge in [0.25, 0.3) is 0 Å². The minimum atomic E-state index is -0.120. The third kappa shape index (κ3) is 1.61. The van der Waals surface area contributed by atoms with Crippen LogP contribution in [0.4, 0.5) is 0 Å². The first kappa shape index (κ1) is 8.05. The van der Waals surface area contributed by atoms with E-state index in [1.165, 1.54) is 12.8 Å². The molecule has 1 saturated carbocycles. The molecular formula is C9H16N2O. The molecule has 3 N–H and O–H groups in total. The minimum Gasteiger partial charge on any atom is -0.369 e. The van der Waals surface area contributed by atoms with E-state index in [-0.39, 0.29) is 11.8 Å². The topological polar surface area (TPSA) is 55.1 Å². The Morgan fingerprint density at radius 2 is 2.17 bits per heavy atom. The van der Waals surface area contributed by atoms with Crippen molar-refractivity contribution in [2.45, 2.75) is 31.7 Å². The van der Waals surface area contributed by atoms with Crippen molar-refractivity contribution in [1.82, 2.24) is 5.32 Å². The van der Waals surface area contributed by atoms with Crippen molar-refractivity contribution < 1.29 is 4.79 Å². The maximum atomic E-state index is 11.0. The smallest absolute Gasteiger partial charge is 0.222 e. The molecule has 2 unspecified atom stereocenters. The van der Waals surface area contributed by atoms with Gasteiger partial charge in [-0.15, -0.1) is 0 Å². The molecule has 2 fully saturated rings. The molecule has 2 rings (SSSR count). The number of amides is 1. The second-order valence-corrected chi connectivity index (χ2v) is 4.04. The van der Waals surface area contributed by atoms with Gasteiger partial charge in [-0.3, -0.25) is 4.79 Å². The SMILES string of the molecule is NC(=O)C1CCNC1CC1CC1. The van der Waals surface area contributed by atoms with Crippen molar-refractivity contribution in [3.8, 4) is 0 Å². The second kappa shape index (κ2) is 3.05. The summed E-state index contributed by atoms with van der Waals surface area (Å²) in [6.07, 6.45) is 4.80. The number of primary amides is 1. The lowest BCUT2D eigenvalue weighted by Crippen LogP contribution is -2.35. The van der Waals surface area contributed by atoms with Crippen LogP contribution in [0.2, 0.25) is 0 Å². The number of nitrogens with two attached hydrogens (primary N) is 1. The van der Waals surface area contributed by atoms with Gasteiger partial charge in [0.05, 0.1) is 5.92 Å². The summed E-state index contributed by atoms with van der Waals surface area (Å²) in [5.41, 5.74) is 5.31. The van der Waals surface area contributed by atoms with E-state index in [9.17, 15) is 4.79 Å². The number of carbonyl (C=O) groups excluding carboxylic acids is 1. The van der Waals surface area contributed by atoms with Crippen LogP contribution in [0.1, 0.15) is 25.7 Å². The summed E-state index contributed by atoms with van der Waals surface area (Å²) in [6, 6.07) is 0.384. The van der Waals surface area contributed by atoms with E-state index in [2.05, 4.69) is 5.32 Å². The van der Waals surface area contributed by atoms with Gasteiger partial charge in [-0.2, -0.15) is 0 Å². The minimum absolute atomic E-state index is 0.102. The molecule has 1 saturated heterocycles. The monoisotopic (exact) mass is 168 g/mol. The van der Waals surface area contributed by atoms with Crippen LogP contribution in [0, 0.1) is 11.8 Å². The van der Waals surface area contributed by atoms with E-state index < -0.39 is 0 Å². The van der Waals surface area contributed by atoms with Crippen molar-refractivity contribution in [1.29, 1.82) is 0 Å². The van der Waals surface area contributed by atoms with Crippen LogP contribution in [0.3, 0.4) is 0 Å². The third-order valence-corrected chi connectivity index (χ3v) is 3.00. The molecule has 1 aliphatic carbocycles. The highest BCUT2D eigenvalue weighted by molar-refractivity contribution is 5.77. The molecule has 0 aromatic rings. The molecule has 2 atom stereocenters. The standard InChI is InChI=1S/C9H16N2O/c10-9(12)7-3-4-11-8(7)5-6-1-2-6/h6-8,11H,1-5H2,(H2,10,12). The van der Waals surface area contributed by atoms with Crippen LogP contribution < -0.4 is 11.1 Å². The third-order valence-electron chi connectivity index (χ3n) is 3.00. The lowest BCUT2D eigenvalue weighted by molar-refractivity contribution is -0.122. The van der Waals surface area contributed by atoms with Crippen LogP contribution in [-0.2, 0) is 4.79 Å². The van der Waals surface area contributed by atoms with Gasteiger partial charge in [-0.25, -0.2) is 0 Å². The predicted molar refractivity (Wildman–Crippen MR) is 46.4 cm³/mol. The van der Waals surface area contributed by atoms with Gasteiger partial charge >= 0.3 is 0 Å². The normalized spacial score (nSPS) is 35.3. The Bertz CT molecular complexity index is 189. The first-order valence-corrected chi connectivity index (χ1v) is 4.80. The Morgan fingerprint density at radius 1 is 1.42 bits per heavy atom. The summed E-state index contributed by atoms with van der Waals surface area (Å²) in [7, 11) is 0. The molecule has 0 spiro atoms. The Labute approximate surface area is 72.7 Å². The molecule has 3 nitrogen and oxygen atoms in total. The number of nitrogens with one attached hydrogen (secondary N) is 1. The molecule has 68 valence electrons. The fourth-order valence-corrected chi connectivity index (χ4v) is 2.07. The fraction of sp³-hybridized carbons (Fsp3) is 0.889. The summed E-state index contributed by atoms with van der Waals surface area (Å²) in [6.45, 7) is 0.963. The summed E-state index contributed by atoms with van der Waals surface area (Å²) < 4.78 is 0. The molecule has 12 heavy (non-hydrogen) atoms. The van der Waals surface area contributed by atoms with Crippen LogP contribution in [0.25, 0.3) is 0 Å². The number of carbonyl (C=O) groups is 1. The lowest BCUT2D eigenvalue weighted by Gasteiger charge is -2.15. The van der Waals surface area contributed by atoms with Gasteiger partial charge in [-0.1, -0.05) is 12.8 Å². The van der Waals surface area contributed by atoms with Crippen LogP contribution >= 0.6 is 0 Å². The van der Waals surface area contributed by atoms with Crippen LogP contribution in [0.15, 0.2) is 0 Å². The van der Waals surface area contributed by atoms with Crippen molar-refractivity contribution in [2.24, 2.45) is 17.6 Å². The zero-order valence-electron chi connectivity index (χ0n) is 7.25. The summed E-state index contributed by atoms with van der Waals surface area (Å²) in [5, 5.41) is 3.36. The summed E-state index contributed by atoms with van der Waals surface area (Å²) >= 11 is 0. The van der Waals surface area contributed by atoms with Gasteiger partial charge < -0.3 is 11.1 Å². The Kier molecular flexibility index (Phi) is 2.05. The second-order valence-electron chi connectivity index (χ2n) is 4.04. The number of hydrogen-bond acceptors (Lipinski definition) is 2.